The second-order valence-electron chi connectivity index (χ2n) is 5.41. The lowest BCUT2D eigenvalue weighted by atomic mass is 9.90. The molecule has 0 spiro atoms. The molecule has 0 heterocycles. The second-order valence-corrected chi connectivity index (χ2v) is 6.26. The van der Waals surface area contributed by atoms with Gasteiger partial charge in [-0.15, -0.1) is 0 Å². The van der Waals surface area contributed by atoms with Gasteiger partial charge in [0.15, 0.2) is 0 Å². The van der Waals surface area contributed by atoms with E-state index in [9.17, 15) is 0 Å². The van der Waals surface area contributed by atoms with E-state index in [0.29, 0.717) is 5.92 Å². The number of hydrogen-bond acceptors (Lipinski definition) is 2. The van der Waals surface area contributed by atoms with Crippen molar-refractivity contribution in [2.24, 2.45) is 23.5 Å². The lowest BCUT2D eigenvalue weighted by Gasteiger charge is -2.21. The molecule has 2 saturated carbocycles. The number of nitrogens with two attached hydrogens (primary N) is 1. The highest BCUT2D eigenvalue weighted by atomic mass is 79.9. The van der Waals surface area contributed by atoms with Gasteiger partial charge in [0.1, 0.15) is 5.75 Å². The molecule has 2 aliphatic carbocycles. The van der Waals surface area contributed by atoms with Crippen LogP contribution in [-0.2, 0) is 0 Å². The molecule has 0 amide bonds. The number of hydrogen-bond donors (Lipinski definition) is 1. The number of fused-ring (bicyclic) bond motifs is 1. The predicted molar refractivity (Wildman–Crippen MR) is 71.9 cm³/mol. The molecule has 3 rings (SSSR count). The van der Waals surface area contributed by atoms with Gasteiger partial charge in [-0.05, 0) is 70.6 Å². The number of halogens is 1. The van der Waals surface area contributed by atoms with E-state index in [4.69, 9.17) is 10.5 Å². The first-order valence-electron chi connectivity index (χ1n) is 6.28. The summed E-state index contributed by atoms with van der Waals surface area (Å²) in [7, 11) is 1.68. The zero-order valence-corrected chi connectivity index (χ0v) is 11.6. The van der Waals surface area contributed by atoms with Crippen molar-refractivity contribution in [3.05, 3.63) is 28.2 Å². The molecule has 0 radical (unpaired) electrons. The molecule has 0 saturated heterocycles. The van der Waals surface area contributed by atoms with E-state index in [1.54, 1.807) is 7.11 Å². The average Bonchev–Trinajstić information content (AvgIpc) is 2.95. The smallest absolute Gasteiger partial charge is 0.133 e. The lowest BCUT2D eigenvalue weighted by Crippen LogP contribution is -2.20. The Labute approximate surface area is 111 Å². The molecule has 2 fully saturated rings. The van der Waals surface area contributed by atoms with E-state index in [1.165, 1.54) is 24.8 Å². The van der Waals surface area contributed by atoms with Crippen LogP contribution in [0.3, 0.4) is 0 Å². The van der Waals surface area contributed by atoms with E-state index >= 15 is 0 Å². The van der Waals surface area contributed by atoms with Crippen LogP contribution in [0.4, 0.5) is 0 Å². The van der Waals surface area contributed by atoms with Crippen molar-refractivity contribution in [3.8, 4) is 5.75 Å². The van der Waals surface area contributed by atoms with Gasteiger partial charge in [-0.1, -0.05) is 6.07 Å². The van der Waals surface area contributed by atoms with E-state index in [0.717, 1.165) is 22.1 Å². The topological polar surface area (TPSA) is 35.2 Å². The summed E-state index contributed by atoms with van der Waals surface area (Å²) in [6.07, 6.45) is 4.11. The quantitative estimate of drug-likeness (QED) is 0.926. The first-order chi connectivity index (χ1) is 8.19. The van der Waals surface area contributed by atoms with Gasteiger partial charge < -0.3 is 10.5 Å². The molecule has 3 unspecified atom stereocenters. The fraction of sp³-hybridized carbons (Fsp3) is 0.571. The summed E-state index contributed by atoms with van der Waals surface area (Å²) in [5.41, 5.74) is 7.61. The highest BCUT2D eigenvalue weighted by molar-refractivity contribution is 9.10. The first-order valence-corrected chi connectivity index (χ1v) is 7.07. The predicted octanol–water partition coefficient (Wildman–Crippen LogP) is 3.50. The average molecular weight is 296 g/mol. The molecule has 0 aliphatic heterocycles. The SMILES string of the molecule is COc1ccc(C(N)C2CC3CC3C2)cc1Br. The van der Waals surface area contributed by atoms with E-state index in [-0.39, 0.29) is 6.04 Å². The van der Waals surface area contributed by atoms with Crippen LogP contribution >= 0.6 is 15.9 Å². The molecule has 2 nitrogen and oxygen atoms in total. The Bertz CT molecular complexity index is 424. The normalized spacial score (nSPS) is 32.1. The zero-order valence-electron chi connectivity index (χ0n) is 10.0. The van der Waals surface area contributed by atoms with Gasteiger partial charge in [0.05, 0.1) is 11.6 Å². The number of rotatable bonds is 3. The molecule has 2 aliphatic rings. The highest BCUT2D eigenvalue weighted by Gasteiger charge is 2.47. The molecule has 1 aromatic rings. The van der Waals surface area contributed by atoms with Crippen LogP contribution in [0.25, 0.3) is 0 Å². The van der Waals surface area contributed by atoms with Crippen molar-refractivity contribution < 1.29 is 4.74 Å². The Morgan fingerprint density at radius 3 is 2.59 bits per heavy atom. The van der Waals surface area contributed by atoms with Crippen molar-refractivity contribution in [2.45, 2.75) is 25.3 Å². The molecule has 0 bridgehead atoms. The Kier molecular flexibility index (Phi) is 2.91. The molecule has 3 heteroatoms. The minimum atomic E-state index is 0.185. The molecule has 92 valence electrons. The standard InChI is InChI=1S/C14H18BrNO/c1-17-13-3-2-8(7-12(13)15)14(16)11-5-9-4-10(9)6-11/h2-3,7,9-11,14H,4-6,16H2,1H3. The Morgan fingerprint density at radius 2 is 2.00 bits per heavy atom. The largest absolute Gasteiger partial charge is 0.496 e. The maximum atomic E-state index is 6.38. The summed E-state index contributed by atoms with van der Waals surface area (Å²) in [4.78, 5) is 0. The van der Waals surface area contributed by atoms with E-state index in [1.807, 2.05) is 6.07 Å². The number of ether oxygens (including phenoxy) is 1. The van der Waals surface area contributed by atoms with E-state index < -0.39 is 0 Å². The van der Waals surface area contributed by atoms with Gasteiger partial charge >= 0.3 is 0 Å². The van der Waals surface area contributed by atoms with Gasteiger partial charge in [-0.3, -0.25) is 0 Å². The summed E-state index contributed by atoms with van der Waals surface area (Å²) in [6, 6.07) is 6.38. The van der Waals surface area contributed by atoms with Crippen molar-refractivity contribution in [3.63, 3.8) is 0 Å². The summed E-state index contributed by atoms with van der Waals surface area (Å²) in [6.45, 7) is 0. The molecular formula is C14H18BrNO. The van der Waals surface area contributed by atoms with Crippen LogP contribution in [-0.4, -0.2) is 7.11 Å². The van der Waals surface area contributed by atoms with Crippen molar-refractivity contribution >= 4 is 15.9 Å². The fourth-order valence-electron chi connectivity index (χ4n) is 3.22. The van der Waals surface area contributed by atoms with Crippen molar-refractivity contribution in [1.82, 2.24) is 0 Å². The summed E-state index contributed by atoms with van der Waals surface area (Å²) >= 11 is 3.52. The summed E-state index contributed by atoms with van der Waals surface area (Å²) < 4.78 is 6.24. The zero-order chi connectivity index (χ0) is 12.0. The third kappa shape index (κ3) is 2.11. The minimum absolute atomic E-state index is 0.185. The monoisotopic (exact) mass is 295 g/mol. The molecule has 3 atom stereocenters. The van der Waals surface area contributed by atoms with Crippen LogP contribution < -0.4 is 10.5 Å². The van der Waals surface area contributed by atoms with Gasteiger partial charge in [0.25, 0.3) is 0 Å². The summed E-state index contributed by atoms with van der Waals surface area (Å²) in [5, 5.41) is 0. The van der Waals surface area contributed by atoms with Crippen LogP contribution in [0.1, 0.15) is 30.9 Å². The molecule has 1 aromatic carbocycles. The highest BCUT2D eigenvalue weighted by Crippen LogP contribution is 2.56. The molecule has 2 N–H and O–H groups in total. The Hall–Kier alpha value is -0.540. The first kappa shape index (κ1) is 11.5. The van der Waals surface area contributed by atoms with Crippen molar-refractivity contribution in [1.29, 1.82) is 0 Å². The van der Waals surface area contributed by atoms with Gasteiger partial charge in [-0.2, -0.15) is 0 Å². The molecule has 0 aromatic heterocycles. The molecular weight excluding hydrogens is 278 g/mol. The molecule has 17 heavy (non-hydrogen) atoms. The maximum absolute atomic E-state index is 6.38. The van der Waals surface area contributed by atoms with Crippen LogP contribution in [0.15, 0.2) is 22.7 Å². The third-order valence-electron chi connectivity index (χ3n) is 4.35. The number of methoxy groups -OCH3 is 1. The lowest BCUT2D eigenvalue weighted by molar-refractivity contribution is 0.399. The van der Waals surface area contributed by atoms with Crippen LogP contribution in [0, 0.1) is 17.8 Å². The minimum Gasteiger partial charge on any atom is -0.496 e. The van der Waals surface area contributed by atoms with Gasteiger partial charge in [-0.25, -0.2) is 0 Å². The van der Waals surface area contributed by atoms with Crippen LogP contribution in [0.2, 0.25) is 0 Å². The third-order valence-corrected chi connectivity index (χ3v) is 4.97. The van der Waals surface area contributed by atoms with E-state index in [2.05, 4.69) is 28.1 Å². The maximum Gasteiger partial charge on any atom is 0.133 e. The van der Waals surface area contributed by atoms with Crippen molar-refractivity contribution in [2.75, 3.05) is 7.11 Å². The Balaban J connectivity index is 1.76. The fourth-order valence-corrected chi connectivity index (χ4v) is 3.78. The number of benzene rings is 1. The second kappa shape index (κ2) is 4.29. The summed E-state index contributed by atoms with van der Waals surface area (Å²) in [5.74, 6) is 3.54. The van der Waals surface area contributed by atoms with Gasteiger partial charge in [0, 0.05) is 6.04 Å². The Morgan fingerprint density at radius 1 is 1.29 bits per heavy atom. The van der Waals surface area contributed by atoms with Gasteiger partial charge in [0.2, 0.25) is 0 Å². The van der Waals surface area contributed by atoms with Crippen LogP contribution in [0.5, 0.6) is 5.75 Å².